The molecule has 5 nitrogen and oxygen atoms in total. The molecule has 0 rings (SSSR count). The summed E-state index contributed by atoms with van der Waals surface area (Å²) in [5.41, 5.74) is 5.08. The van der Waals surface area contributed by atoms with Crippen molar-refractivity contribution >= 4 is 11.9 Å². The molecule has 0 saturated heterocycles. The molecule has 0 aliphatic heterocycles. The van der Waals surface area contributed by atoms with Gasteiger partial charge in [-0.1, -0.05) is 13.8 Å². The Kier molecular flexibility index (Phi) is 5.93. The number of amides is 1. The maximum atomic E-state index is 11.6. The monoisotopic (exact) mass is 216 g/mol. The Morgan fingerprint density at radius 2 is 1.80 bits per heavy atom. The molecule has 0 aliphatic rings. The molecule has 15 heavy (non-hydrogen) atoms. The predicted molar refractivity (Wildman–Crippen MR) is 57.1 cm³/mol. The number of carbonyl (C=O) groups is 2. The number of nitrogens with two attached hydrogens (primary N) is 1. The van der Waals surface area contributed by atoms with Crippen LogP contribution in [0.3, 0.4) is 0 Å². The van der Waals surface area contributed by atoms with Crippen LogP contribution in [-0.4, -0.2) is 43.0 Å². The second-order valence-electron chi connectivity index (χ2n) is 3.62. The maximum Gasteiger partial charge on any atom is 0.324 e. The summed E-state index contributed by atoms with van der Waals surface area (Å²) in [4.78, 5) is 24.3. The molecular weight excluding hydrogens is 196 g/mol. The molecule has 0 bridgehead atoms. The van der Waals surface area contributed by atoms with Gasteiger partial charge in [-0.15, -0.1) is 0 Å². The van der Waals surface area contributed by atoms with Crippen molar-refractivity contribution in [2.45, 2.75) is 38.8 Å². The van der Waals surface area contributed by atoms with E-state index in [0.29, 0.717) is 12.8 Å². The molecule has 2 N–H and O–H groups in total. The lowest BCUT2D eigenvalue weighted by atomic mass is 10.2. The van der Waals surface area contributed by atoms with Crippen LogP contribution in [0.15, 0.2) is 0 Å². The normalized spacial score (nSPS) is 14.7. The van der Waals surface area contributed by atoms with Crippen LogP contribution >= 0.6 is 0 Å². The average Bonchev–Trinajstić information content (AvgIpc) is 2.14. The summed E-state index contributed by atoms with van der Waals surface area (Å²) < 4.78 is 5.02. The van der Waals surface area contributed by atoms with Gasteiger partial charge in [0.05, 0.1) is 0 Å². The highest BCUT2D eigenvalue weighted by molar-refractivity contribution is 5.83. The number of likely N-dealkylation sites (N-methyl/N-ethyl adjacent to an activating group) is 1. The highest BCUT2D eigenvalue weighted by Crippen LogP contribution is 2.06. The Hall–Kier alpha value is -1.10. The van der Waals surface area contributed by atoms with Gasteiger partial charge < -0.3 is 10.5 Å². The van der Waals surface area contributed by atoms with E-state index in [1.807, 2.05) is 6.92 Å². The molecule has 0 saturated carbocycles. The van der Waals surface area contributed by atoms with Crippen molar-refractivity contribution in [3.63, 3.8) is 0 Å². The SMILES string of the molecule is CCC(OC(=O)C(CC)N(C)C)C(N)=O. The van der Waals surface area contributed by atoms with Gasteiger partial charge in [0.1, 0.15) is 6.04 Å². The minimum absolute atomic E-state index is 0.321. The quantitative estimate of drug-likeness (QED) is 0.641. The van der Waals surface area contributed by atoms with E-state index in [0.717, 1.165) is 0 Å². The Bertz CT molecular complexity index is 229. The number of carbonyl (C=O) groups excluding carboxylic acids is 2. The van der Waals surface area contributed by atoms with Crippen molar-refractivity contribution in [3.8, 4) is 0 Å². The summed E-state index contributed by atoms with van der Waals surface area (Å²) in [6, 6.07) is -0.321. The molecule has 0 radical (unpaired) electrons. The van der Waals surface area contributed by atoms with E-state index >= 15 is 0 Å². The Labute approximate surface area is 90.6 Å². The van der Waals surface area contributed by atoms with Crippen LogP contribution in [0, 0.1) is 0 Å². The molecule has 0 heterocycles. The van der Waals surface area contributed by atoms with Crippen LogP contribution in [0.2, 0.25) is 0 Å². The summed E-state index contributed by atoms with van der Waals surface area (Å²) in [5.74, 6) is -0.993. The van der Waals surface area contributed by atoms with Crippen LogP contribution in [-0.2, 0) is 14.3 Å². The molecule has 0 fully saturated rings. The fraction of sp³-hybridized carbons (Fsp3) is 0.800. The van der Waals surface area contributed by atoms with Gasteiger partial charge in [-0.05, 0) is 26.9 Å². The minimum atomic E-state index is -0.813. The first kappa shape index (κ1) is 13.9. The number of esters is 1. The number of nitrogens with zero attached hydrogens (tertiary/aromatic N) is 1. The van der Waals surface area contributed by atoms with Gasteiger partial charge in [-0.3, -0.25) is 14.5 Å². The number of hydrogen-bond acceptors (Lipinski definition) is 4. The predicted octanol–water partition coefficient (Wildman–Crippen LogP) is 0.134. The van der Waals surface area contributed by atoms with E-state index < -0.39 is 18.0 Å². The summed E-state index contributed by atoms with van der Waals surface area (Å²) in [6.07, 6.45) is 0.234. The van der Waals surface area contributed by atoms with E-state index in [-0.39, 0.29) is 6.04 Å². The van der Waals surface area contributed by atoms with Crippen molar-refractivity contribution in [2.24, 2.45) is 5.73 Å². The molecule has 1 amide bonds. The van der Waals surface area contributed by atoms with Crippen molar-refractivity contribution in [1.29, 1.82) is 0 Å². The maximum absolute atomic E-state index is 11.6. The minimum Gasteiger partial charge on any atom is -0.451 e. The third kappa shape index (κ3) is 4.29. The highest BCUT2D eigenvalue weighted by atomic mass is 16.5. The molecule has 0 aromatic heterocycles. The van der Waals surface area contributed by atoms with Crippen molar-refractivity contribution in [1.82, 2.24) is 4.90 Å². The van der Waals surface area contributed by atoms with E-state index in [9.17, 15) is 9.59 Å². The zero-order chi connectivity index (χ0) is 12.0. The van der Waals surface area contributed by atoms with Gasteiger partial charge in [0.2, 0.25) is 0 Å². The molecule has 0 aromatic carbocycles. The summed E-state index contributed by atoms with van der Waals surface area (Å²) in [6.45, 7) is 3.64. The molecule has 2 atom stereocenters. The van der Waals surface area contributed by atoms with E-state index in [4.69, 9.17) is 10.5 Å². The van der Waals surface area contributed by atoms with E-state index in [1.54, 1.807) is 25.9 Å². The number of hydrogen-bond donors (Lipinski definition) is 1. The lowest BCUT2D eigenvalue weighted by Gasteiger charge is -2.23. The Morgan fingerprint density at radius 1 is 1.27 bits per heavy atom. The first-order chi connectivity index (χ1) is 6.93. The molecule has 2 unspecified atom stereocenters. The molecule has 0 spiro atoms. The number of rotatable bonds is 6. The molecular formula is C10H20N2O3. The van der Waals surface area contributed by atoms with E-state index in [2.05, 4.69) is 0 Å². The van der Waals surface area contributed by atoms with Gasteiger partial charge >= 0.3 is 5.97 Å². The Morgan fingerprint density at radius 3 is 2.07 bits per heavy atom. The van der Waals surface area contributed by atoms with Crippen LogP contribution < -0.4 is 5.73 Å². The van der Waals surface area contributed by atoms with E-state index in [1.165, 1.54) is 0 Å². The highest BCUT2D eigenvalue weighted by Gasteiger charge is 2.25. The van der Waals surface area contributed by atoms with Gasteiger partial charge in [0, 0.05) is 0 Å². The smallest absolute Gasteiger partial charge is 0.324 e. The zero-order valence-electron chi connectivity index (χ0n) is 9.82. The molecule has 0 aliphatic carbocycles. The fourth-order valence-electron chi connectivity index (χ4n) is 1.30. The summed E-state index contributed by atoms with van der Waals surface area (Å²) in [7, 11) is 3.58. The zero-order valence-corrected chi connectivity index (χ0v) is 9.82. The topological polar surface area (TPSA) is 72.6 Å². The van der Waals surface area contributed by atoms with Gasteiger partial charge in [-0.25, -0.2) is 0 Å². The van der Waals surface area contributed by atoms with Crippen molar-refractivity contribution in [3.05, 3.63) is 0 Å². The first-order valence-electron chi connectivity index (χ1n) is 5.10. The summed E-state index contributed by atoms with van der Waals surface area (Å²) >= 11 is 0. The van der Waals surface area contributed by atoms with Crippen LogP contribution in [0.1, 0.15) is 26.7 Å². The lowest BCUT2D eigenvalue weighted by molar-refractivity contribution is -0.159. The largest absolute Gasteiger partial charge is 0.451 e. The standard InChI is InChI=1S/C10H20N2O3/c1-5-7(12(3)4)10(14)15-8(6-2)9(11)13/h7-8H,5-6H2,1-4H3,(H2,11,13). The van der Waals surface area contributed by atoms with Crippen LogP contribution in [0.25, 0.3) is 0 Å². The van der Waals surface area contributed by atoms with Gasteiger partial charge in [0.25, 0.3) is 5.91 Å². The molecule has 5 heteroatoms. The van der Waals surface area contributed by atoms with Gasteiger partial charge in [-0.2, -0.15) is 0 Å². The van der Waals surface area contributed by atoms with Crippen LogP contribution in [0.4, 0.5) is 0 Å². The van der Waals surface area contributed by atoms with Gasteiger partial charge in [0.15, 0.2) is 6.10 Å². The second kappa shape index (κ2) is 6.40. The molecule has 88 valence electrons. The lowest BCUT2D eigenvalue weighted by Crippen LogP contribution is -2.41. The van der Waals surface area contributed by atoms with Crippen LogP contribution in [0.5, 0.6) is 0 Å². The first-order valence-corrected chi connectivity index (χ1v) is 5.10. The Balaban J connectivity index is 4.38. The third-order valence-electron chi connectivity index (χ3n) is 2.23. The average molecular weight is 216 g/mol. The number of ether oxygens (including phenoxy) is 1. The fourth-order valence-corrected chi connectivity index (χ4v) is 1.30. The summed E-state index contributed by atoms with van der Waals surface area (Å²) in [5, 5.41) is 0. The van der Waals surface area contributed by atoms with Crippen molar-refractivity contribution < 1.29 is 14.3 Å². The second-order valence-corrected chi connectivity index (χ2v) is 3.62. The number of primary amides is 1. The third-order valence-corrected chi connectivity index (χ3v) is 2.23. The molecule has 0 aromatic rings. The van der Waals surface area contributed by atoms with Crippen molar-refractivity contribution in [2.75, 3.05) is 14.1 Å².